The Kier molecular flexibility index (Phi) is 10.9. The van der Waals surface area contributed by atoms with Gasteiger partial charge in [-0.3, -0.25) is 4.79 Å². The van der Waals surface area contributed by atoms with Gasteiger partial charge in [0.15, 0.2) is 14.6 Å². The Morgan fingerprint density at radius 1 is 1.19 bits per heavy atom. The molecule has 1 heterocycles. The summed E-state index contributed by atoms with van der Waals surface area (Å²) in [5.41, 5.74) is 0. The first-order chi connectivity index (χ1) is 15.0. The predicted octanol–water partition coefficient (Wildman–Crippen LogP) is 5.21. The fraction of sp³-hybridized carbons (Fsp3) is 0.880. The highest BCUT2D eigenvalue weighted by Gasteiger charge is 2.46. The predicted molar refractivity (Wildman–Crippen MR) is 129 cm³/mol. The summed E-state index contributed by atoms with van der Waals surface area (Å²) in [6.07, 6.45) is 10.2. The topological polar surface area (TPSA) is 74.2 Å². The average Bonchev–Trinajstić information content (AvgIpc) is 3.02. The molecule has 0 aromatic heterocycles. The van der Waals surface area contributed by atoms with E-state index in [1.165, 1.54) is 7.11 Å². The maximum Gasteiger partial charge on any atom is 0.305 e. The molecule has 2 fully saturated rings. The highest BCUT2D eigenvalue weighted by molar-refractivity contribution is 6.74. The maximum absolute atomic E-state index is 11.2. The Morgan fingerprint density at radius 3 is 2.56 bits per heavy atom. The summed E-state index contributed by atoms with van der Waals surface area (Å²) in [5.74, 6) is 0.0759. The monoisotopic (exact) mass is 470 g/mol. The fourth-order valence-electron chi connectivity index (χ4n) is 4.24. The van der Waals surface area contributed by atoms with E-state index in [1.807, 2.05) is 0 Å². The Morgan fingerprint density at radius 2 is 1.94 bits per heavy atom. The highest BCUT2D eigenvalue weighted by atomic mass is 28.4. The molecule has 0 radical (unpaired) electrons. The van der Waals surface area contributed by atoms with Gasteiger partial charge in [-0.15, -0.1) is 0 Å². The number of unbranched alkanes of at least 4 members (excludes halogenated alkanes) is 1. The number of aliphatic hydroxyl groups is 1. The van der Waals surface area contributed by atoms with E-state index in [0.717, 1.165) is 45.1 Å². The standard InChI is InChI=1S/C25H46O6Si/c1-25(2,3)32(5,6)30-18-20-19(13-9-7-8-10-14-23(27)28-4)21(26)17-22(20)31-24-15-11-12-16-29-24/h7,9,19-22,24,26H,8,10-18H2,1-6H3/b9-7-/t19?,20-,21+,22-,24?/m1/s1. The zero-order valence-electron chi connectivity index (χ0n) is 21.1. The number of carbonyl (C=O) groups is 1. The second kappa shape index (κ2) is 12.7. The van der Waals surface area contributed by atoms with E-state index in [4.69, 9.17) is 13.9 Å². The summed E-state index contributed by atoms with van der Waals surface area (Å²) >= 11 is 0. The third kappa shape index (κ3) is 8.24. The molecule has 186 valence electrons. The van der Waals surface area contributed by atoms with Crippen molar-refractivity contribution in [1.82, 2.24) is 0 Å². The first kappa shape index (κ1) is 27.5. The van der Waals surface area contributed by atoms with Gasteiger partial charge in [-0.25, -0.2) is 0 Å². The molecule has 0 aromatic carbocycles. The Balaban J connectivity index is 1.99. The number of ether oxygens (including phenoxy) is 3. The van der Waals surface area contributed by atoms with Gasteiger partial charge in [-0.2, -0.15) is 0 Å². The summed E-state index contributed by atoms with van der Waals surface area (Å²) in [5, 5.41) is 11.0. The minimum absolute atomic E-state index is 0.0457. The van der Waals surface area contributed by atoms with E-state index in [2.05, 4.69) is 50.8 Å². The second-order valence-corrected chi connectivity index (χ2v) is 15.7. The minimum atomic E-state index is -1.90. The molecule has 2 unspecified atom stereocenters. The summed E-state index contributed by atoms with van der Waals surface area (Å²) in [6.45, 7) is 12.7. The van der Waals surface area contributed by atoms with Crippen LogP contribution in [0.15, 0.2) is 12.2 Å². The minimum Gasteiger partial charge on any atom is -0.469 e. The van der Waals surface area contributed by atoms with Crippen molar-refractivity contribution in [3.63, 3.8) is 0 Å². The van der Waals surface area contributed by atoms with Gasteiger partial charge in [0.1, 0.15) is 0 Å². The molecule has 1 saturated heterocycles. The van der Waals surface area contributed by atoms with Gasteiger partial charge in [-0.1, -0.05) is 32.9 Å². The van der Waals surface area contributed by atoms with E-state index in [0.29, 0.717) is 19.4 Å². The maximum atomic E-state index is 11.2. The van der Waals surface area contributed by atoms with Crippen molar-refractivity contribution in [1.29, 1.82) is 0 Å². The van der Waals surface area contributed by atoms with E-state index in [1.54, 1.807) is 0 Å². The lowest BCUT2D eigenvalue weighted by molar-refractivity contribution is -0.197. The lowest BCUT2D eigenvalue weighted by Gasteiger charge is -2.38. The van der Waals surface area contributed by atoms with Crippen LogP contribution in [-0.4, -0.2) is 58.2 Å². The van der Waals surface area contributed by atoms with Crippen molar-refractivity contribution >= 4 is 14.3 Å². The van der Waals surface area contributed by atoms with Crippen LogP contribution in [-0.2, 0) is 23.4 Å². The lowest BCUT2D eigenvalue weighted by Crippen LogP contribution is -2.44. The van der Waals surface area contributed by atoms with Crippen LogP contribution in [0.2, 0.25) is 18.1 Å². The quantitative estimate of drug-likeness (QED) is 0.193. The van der Waals surface area contributed by atoms with Crippen molar-refractivity contribution in [3.8, 4) is 0 Å². The molecule has 0 amide bonds. The molecule has 7 heteroatoms. The molecule has 2 rings (SSSR count). The molecule has 1 saturated carbocycles. The summed E-state index contributed by atoms with van der Waals surface area (Å²) in [6, 6.07) is 0. The molecule has 0 bridgehead atoms. The van der Waals surface area contributed by atoms with Crippen LogP contribution in [0.5, 0.6) is 0 Å². The van der Waals surface area contributed by atoms with Gasteiger partial charge in [0.2, 0.25) is 0 Å². The van der Waals surface area contributed by atoms with E-state index < -0.39 is 14.4 Å². The largest absolute Gasteiger partial charge is 0.469 e. The lowest BCUT2D eigenvalue weighted by atomic mass is 9.91. The molecule has 0 spiro atoms. The molecule has 1 aliphatic heterocycles. The smallest absolute Gasteiger partial charge is 0.305 e. The molecule has 5 atom stereocenters. The molecule has 0 aromatic rings. The number of hydrogen-bond acceptors (Lipinski definition) is 6. The van der Waals surface area contributed by atoms with E-state index in [9.17, 15) is 9.90 Å². The molecule has 2 aliphatic rings. The number of methoxy groups -OCH3 is 1. The number of rotatable bonds is 11. The van der Waals surface area contributed by atoms with Crippen molar-refractivity contribution in [2.75, 3.05) is 20.3 Å². The van der Waals surface area contributed by atoms with Crippen LogP contribution < -0.4 is 0 Å². The fourth-order valence-corrected chi connectivity index (χ4v) is 5.28. The summed E-state index contributed by atoms with van der Waals surface area (Å²) in [7, 11) is -0.480. The Bertz CT molecular complexity index is 594. The van der Waals surface area contributed by atoms with Crippen LogP contribution in [0.4, 0.5) is 0 Å². The van der Waals surface area contributed by atoms with Crippen LogP contribution in [0.3, 0.4) is 0 Å². The van der Waals surface area contributed by atoms with Gasteiger partial charge in [0, 0.05) is 32.0 Å². The molecule has 6 nitrogen and oxygen atoms in total. The van der Waals surface area contributed by atoms with E-state index in [-0.39, 0.29) is 35.2 Å². The SMILES string of the molecule is COC(=O)CCC/C=C\CC1[C@@H](CO[Si](C)(C)C(C)(C)C)[C@H](OC2CCCCO2)C[C@@H]1O. The first-order valence-corrected chi connectivity index (χ1v) is 15.3. The second-order valence-electron chi connectivity index (χ2n) is 10.8. The number of allylic oxidation sites excluding steroid dienone is 2. The first-order valence-electron chi connectivity index (χ1n) is 12.4. The van der Waals surface area contributed by atoms with Crippen molar-refractivity contribution < 1.29 is 28.5 Å². The molecule has 32 heavy (non-hydrogen) atoms. The zero-order valence-corrected chi connectivity index (χ0v) is 22.1. The molecule has 1 N–H and O–H groups in total. The van der Waals surface area contributed by atoms with E-state index >= 15 is 0 Å². The Labute approximate surface area is 196 Å². The van der Waals surface area contributed by atoms with Gasteiger partial charge >= 0.3 is 5.97 Å². The van der Waals surface area contributed by atoms with Crippen molar-refractivity contribution in [3.05, 3.63) is 12.2 Å². The van der Waals surface area contributed by atoms with Gasteiger partial charge < -0.3 is 23.7 Å². The normalized spacial score (nSPS) is 29.5. The van der Waals surface area contributed by atoms with Gasteiger partial charge in [-0.05, 0) is 62.6 Å². The summed E-state index contributed by atoms with van der Waals surface area (Å²) in [4.78, 5) is 11.2. The highest BCUT2D eigenvalue weighted by Crippen LogP contribution is 2.42. The van der Waals surface area contributed by atoms with Crippen molar-refractivity contribution in [2.45, 2.75) is 109 Å². The zero-order chi connectivity index (χ0) is 23.8. The average molecular weight is 471 g/mol. The molecular weight excluding hydrogens is 424 g/mol. The van der Waals surface area contributed by atoms with Crippen LogP contribution in [0.25, 0.3) is 0 Å². The van der Waals surface area contributed by atoms with Crippen LogP contribution in [0.1, 0.15) is 72.1 Å². The Hall–Kier alpha value is -0.733. The number of esters is 1. The van der Waals surface area contributed by atoms with Crippen LogP contribution >= 0.6 is 0 Å². The molecular formula is C25H46O6Si. The molecule has 1 aliphatic carbocycles. The number of aliphatic hydroxyl groups excluding tert-OH is 1. The number of carbonyl (C=O) groups excluding carboxylic acids is 1. The van der Waals surface area contributed by atoms with Gasteiger partial charge in [0.25, 0.3) is 0 Å². The van der Waals surface area contributed by atoms with Gasteiger partial charge in [0.05, 0.1) is 19.3 Å². The third-order valence-electron chi connectivity index (χ3n) is 7.46. The van der Waals surface area contributed by atoms with Crippen molar-refractivity contribution in [2.24, 2.45) is 11.8 Å². The number of hydrogen-bond donors (Lipinski definition) is 1. The third-order valence-corrected chi connectivity index (χ3v) is 12.0. The van der Waals surface area contributed by atoms with Crippen LogP contribution in [0, 0.1) is 11.8 Å². The summed E-state index contributed by atoms with van der Waals surface area (Å²) < 4.78 is 23.5.